The Labute approximate surface area is 107 Å². The summed E-state index contributed by atoms with van der Waals surface area (Å²) in [5.74, 6) is 0.0913. The predicted molar refractivity (Wildman–Crippen MR) is 70.9 cm³/mol. The number of rotatable bonds is 4. The lowest BCUT2D eigenvalue weighted by Gasteiger charge is -2.24. The summed E-state index contributed by atoms with van der Waals surface area (Å²) < 4.78 is 12.9. The first-order chi connectivity index (χ1) is 8.72. The molecule has 3 heteroatoms. The van der Waals surface area contributed by atoms with Crippen LogP contribution in [0.2, 0.25) is 0 Å². The van der Waals surface area contributed by atoms with Crippen molar-refractivity contribution < 1.29 is 4.39 Å². The highest BCUT2D eigenvalue weighted by atomic mass is 19.1. The van der Waals surface area contributed by atoms with Crippen LogP contribution in [0.3, 0.4) is 0 Å². The fourth-order valence-corrected chi connectivity index (χ4v) is 2.23. The van der Waals surface area contributed by atoms with E-state index in [1.807, 2.05) is 31.3 Å². The Balaban J connectivity index is 2.26. The summed E-state index contributed by atoms with van der Waals surface area (Å²) in [5, 5.41) is 3.29. The summed E-state index contributed by atoms with van der Waals surface area (Å²) >= 11 is 0. The van der Waals surface area contributed by atoms with E-state index in [4.69, 9.17) is 0 Å². The zero-order valence-corrected chi connectivity index (χ0v) is 10.6. The number of benzene rings is 1. The number of hydrogen-bond donors (Lipinski definition) is 1. The normalized spacial score (nSPS) is 14.2. The highest BCUT2D eigenvalue weighted by Crippen LogP contribution is 2.29. The molecule has 0 saturated carbocycles. The Morgan fingerprint density at radius 3 is 2.17 bits per heavy atom. The maximum Gasteiger partial charge on any atom is 0.123 e. The summed E-state index contributed by atoms with van der Waals surface area (Å²) in [6.07, 6.45) is 3.59. The van der Waals surface area contributed by atoms with E-state index in [1.165, 1.54) is 17.7 Å². The van der Waals surface area contributed by atoms with Gasteiger partial charge in [-0.15, -0.1) is 0 Å². The van der Waals surface area contributed by atoms with Crippen molar-refractivity contribution in [1.29, 1.82) is 0 Å². The number of nitrogens with zero attached hydrogens (tertiary/aromatic N) is 1. The van der Waals surface area contributed by atoms with Crippen LogP contribution in [0.25, 0.3) is 0 Å². The van der Waals surface area contributed by atoms with Gasteiger partial charge in [0.25, 0.3) is 0 Å². The lowest BCUT2D eigenvalue weighted by atomic mass is 9.89. The number of nitrogens with one attached hydrogen (secondary N) is 1. The molecule has 1 heterocycles. The van der Waals surface area contributed by atoms with Crippen LogP contribution in [0.15, 0.2) is 48.8 Å². The summed E-state index contributed by atoms with van der Waals surface area (Å²) in [7, 11) is 1.92. The first kappa shape index (κ1) is 12.7. The molecule has 0 aliphatic heterocycles. The standard InChI is InChI=1S/C15H17FN2/c1-11(12-7-9-18-10-8-12)15(17-2)13-3-5-14(16)6-4-13/h3-11,15,17H,1-2H3. The summed E-state index contributed by atoms with van der Waals surface area (Å²) in [4.78, 5) is 4.03. The maximum atomic E-state index is 12.9. The molecule has 2 atom stereocenters. The maximum absolute atomic E-state index is 12.9. The third-order valence-corrected chi connectivity index (χ3v) is 3.27. The molecule has 18 heavy (non-hydrogen) atoms. The van der Waals surface area contributed by atoms with Crippen molar-refractivity contribution in [2.24, 2.45) is 0 Å². The molecule has 0 bridgehead atoms. The summed E-state index contributed by atoms with van der Waals surface area (Å²) in [5.41, 5.74) is 2.30. The van der Waals surface area contributed by atoms with Crippen LogP contribution < -0.4 is 5.32 Å². The molecule has 1 aromatic heterocycles. The molecule has 0 fully saturated rings. The highest BCUT2D eigenvalue weighted by molar-refractivity contribution is 5.26. The average molecular weight is 244 g/mol. The molecular formula is C15H17FN2. The van der Waals surface area contributed by atoms with Gasteiger partial charge in [0, 0.05) is 24.4 Å². The van der Waals surface area contributed by atoms with Crippen LogP contribution in [0.5, 0.6) is 0 Å². The molecule has 0 saturated heterocycles. The van der Waals surface area contributed by atoms with Gasteiger partial charge in [-0.05, 0) is 42.4 Å². The average Bonchev–Trinajstić information content (AvgIpc) is 2.42. The Morgan fingerprint density at radius 1 is 1.00 bits per heavy atom. The van der Waals surface area contributed by atoms with Crippen molar-refractivity contribution in [3.63, 3.8) is 0 Å². The molecular weight excluding hydrogens is 227 g/mol. The topological polar surface area (TPSA) is 24.9 Å². The fourth-order valence-electron chi connectivity index (χ4n) is 2.23. The smallest absolute Gasteiger partial charge is 0.123 e. The van der Waals surface area contributed by atoms with E-state index in [0.717, 1.165) is 5.56 Å². The fraction of sp³-hybridized carbons (Fsp3) is 0.267. The highest BCUT2D eigenvalue weighted by Gasteiger charge is 2.18. The van der Waals surface area contributed by atoms with Crippen LogP contribution in [0.4, 0.5) is 4.39 Å². The van der Waals surface area contributed by atoms with Gasteiger partial charge >= 0.3 is 0 Å². The lowest BCUT2D eigenvalue weighted by Crippen LogP contribution is -2.22. The van der Waals surface area contributed by atoms with Gasteiger partial charge in [0.2, 0.25) is 0 Å². The van der Waals surface area contributed by atoms with Gasteiger partial charge in [-0.25, -0.2) is 4.39 Å². The largest absolute Gasteiger partial charge is 0.312 e. The molecule has 2 unspecified atom stereocenters. The first-order valence-electron chi connectivity index (χ1n) is 6.05. The van der Waals surface area contributed by atoms with Crippen molar-refractivity contribution >= 4 is 0 Å². The molecule has 0 radical (unpaired) electrons. The Kier molecular flexibility index (Phi) is 4.05. The Hall–Kier alpha value is -1.74. The molecule has 0 aliphatic rings. The van der Waals surface area contributed by atoms with Crippen LogP contribution in [0.1, 0.15) is 30.0 Å². The SMILES string of the molecule is CNC(c1ccc(F)cc1)C(C)c1ccncc1. The second kappa shape index (κ2) is 5.74. The molecule has 1 N–H and O–H groups in total. The minimum absolute atomic E-state index is 0.160. The van der Waals surface area contributed by atoms with Gasteiger partial charge in [0.15, 0.2) is 0 Å². The van der Waals surface area contributed by atoms with Crippen molar-refractivity contribution in [2.45, 2.75) is 18.9 Å². The van der Waals surface area contributed by atoms with E-state index in [0.29, 0.717) is 5.92 Å². The van der Waals surface area contributed by atoms with Crippen LogP contribution in [-0.2, 0) is 0 Å². The minimum atomic E-state index is -0.204. The molecule has 0 aliphatic carbocycles. The second-order valence-corrected chi connectivity index (χ2v) is 4.39. The number of halogens is 1. The molecule has 2 aromatic rings. The zero-order valence-electron chi connectivity index (χ0n) is 10.6. The van der Waals surface area contributed by atoms with E-state index in [2.05, 4.69) is 17.2 Å². The van der Waals surface area contributed by atoms with Crippen molar-refractivity contribution in [3.05, 3.63) is 65.7 Å². The van der Waals surface area contributed by atoms with Crippen LogP contribution in [-0.4, -0.2) is 12.0 Å². The van der Waals surface area contributed by atoms with Gasteiger partial charge in [-0.1, -0.05) is 19.1 Å². The van der Waals surface area contributed by atoms with Crippen LogP contribution >= 0.6 is 0 Å². The Bertz CT molecular complexity index is 482. The minimum Gasteiger partial charge on any atom is -0.312 e. The third kappa shape index (κ3) is 2.74. The van der Waals surface area contributed by atoms with E-state index in [1.54, 1.807) is 12.4 Å². The number of pyridine rings is 1. The third-order valence-electron chi connectivity index (χ3n) is 3.27. The van der Waals surface area contributed by atoms with E-state index in [-0.39, 0.29) is 11.9 Å². The van der Waals surface area contributed by atoms with Gasteiger partial charge in [0.1, 0.15) is 5.82 Å². The van der Waals surface area contributed by atoms with Crippen molar-refractivity contribution in [3.8, 4) is 0 Å². The van der Waals surface area contributed by atoms with Crippen molar-refractivity contribution in [2.75, 3.05) is 7.05 Å². The van der Waals surface area contributed by atoms with Gasteiger partial charge < -0.3 is 5.32 Å². The van der Waals surface area contributed by atoms with Gasteiger partial charge in [-0.2, -0.15) is 0 Å². The lowest BCUT2D eigenvalue weighted by molar-refractivity contribution is 0.506. The summed E-state index contributed by atoms with van der Waals surface area (Å²) in [6, 6.07) is 10.8. The van der Waals surface area contributed by atoms with Gasteiger partial charge in [0.05, 0.1) is 0 Å². The summed E-state index contributed by atoms with van der Waals surface area (Å²) in [6.45, 7) is 2.15. The quantitative estimate of drug-likeness (QED) is 0.892. The predicted octanol–water partition coefficient (Wildman–Crippen LogP) is 3.28. The second-order valence-electron chi connectivity index (χ2n) is 4.39. The Morgan fingerprint density at radius 2 is 1.61 bits per heavy atom. The van der Waals surface area contributed by atoms with Crippen LogP contribution in [0, 0.1) is 5.82 Å². The van der Waals surface area contributed by atoms with Gasteiger partial charge in [-0.3, -0.25) is 4.98 Å². The number of aromatic nitrogens is 1. The monoisotopic (exact) mass is 244 g/mol. The molecule has 0 spiro atoms. The van der Waals surface area contributed by atoms with E-state index in [9.17, 15) is 4.39 Å². The molecule has 2 rings (SSSR count). The molecule has 94 valence electrons. The first-order valence-corrected chi connectivity index (χ1v) is 6.05. The molecule has 1 aromatic carbocycles. The zero-order chi connectivity index (χ0) is 13.0. The number of hydrogen-bond acceptors (Lipinski definition) is 2. The number of likely N-dealkylation sites (N-methyl/N-ethyl adjacent to an activating group) is 1. The molecule has 2 nitrogen and oxygen atoms in total. The van der Waals surface area contributed by atoms with Crippen molar-refractivity contribution in [1.82, 2.24) is 10.3 Å². The van der Waals surface area contributed by atoms with E-state index >= 15 is 0 Å². The van der Waals surface area contributed by atoms with E-state index < -0.39 is 0 Å². The molecule has 0 amide bonds.